The second-order valence-corrected chi connectivity index (χ2v) is 9.36. The van der Waals surface area contributed by atoms with Gasteiger partial charge in [-0.25, -0.2) is 4.79 Å². The van der Waals surface area contributed by atoms with Crippen molar-refractivity contribution in [1.29, 1.82) is 0 Å². The van der Waals surface area contributed by atoms with Gasteiger partial charge in [-0.15, -0.1) is 0 Å². The minimum Gasteiger partial charge on any atom is -0.339 e. The molecule has 0 atom stereocenters. The van der Waals surface area contributed by atoms with Crippen LogP contribution in [0.4, 0.5) is 10.5 Å². The highest BCUT2D eigenvalue weighted by Crippen LogP contribution is 2.36. The molecule has 0 radical (unpaired) electrons. The van der Waals surface area contributed by atoms with Crippen LogP contribution in [0, 0.1) is 0 Å². The predicted octanol–water partition coefficient (Wildman–Crippen LogP) is 4.09. The Hall–Kier alpha value is -3.28. The van der Waals surface area contributed by atoms with Crippen LogP contribution in [-0.4, -0.2) is 42.1 Å². The summed E-state index contributed by atoms with van der Waals surface area (Å²) in [5, 5.41) is 6.19. The predicted molar refractivity (Wildman–Crippen MR) is 128 cm³/mol. The molecule has 2 heterocycles. The number of piperidine rings is 1. The Morgan fingerprint density at radius 3 is 2.44 bits per heavy atom. The van der Waals surface area contributed by atoms with Crippen LogP contribution in [0.5, 0.6) is 0 Å². The van der Waals surface area contributed by atoms with Gasteiger partial charge >= 0.3 is 6.03 Å². The summed E-state index contributed by atoms with van der Waals surface area (Å²) < 4.78 is 0. The standard InChI is InChI=1S/C26H32N4O2/c1-19(2)20-9-8-10-21(17-20)25(3,4)28-24(32)29-15-13-26(14-16-29)23(31)27-18-30(26)22-11-6-5-7-12-22/h5-12,17H,1,13-16,18H2,2-4H3,(H,27,31)(H,28,32). The zero-order valence-electron chi connectivity index (χ0n) is 19.1. The Labute approximate surface area is 190 Å². The molecule has 2 aromatic rings. The van der Waals surface area contributed by atoms with Crippen LogP contribution in [0.3, 0.4) is 0 Å². The van der Waals surface area contributed by atoms with Gasteiger partial charge < -0.3 is 20.4 Å². The maximum Gasteiger partial charge on any atom is 0.318 e. The van der Waals surface area contributed by atoms with Crippen molar-refractivity contribution in [2.45, 2.75) is 44.7 Å². The maximum atomic E-state index is 13.1. The number of hydrogen-bond acceptors (Lipinski definition) is 3. The van der Waals surface area contributed by atoms with Crippen LogP contribution in [0.1, 0.15) is 44.7 Å². The zero-order valence-corrected chi connectivity index (χ0v) is 19.1. The third-order valence-corrected chi connectivity index (χ3v) is 6.78. The number of amides is 3. The second kappa shape index (κ2) is 8.34. The smallest absolute Gasteiger partial charge is 0.318 e. The highest BCUT2D eigenvalue weighted by Gasteiger charge is 2.51. The summed E-state index contributed by atoms with van der Waals surface area (Å²) in [7, 11) is 0. The Bertz CT molecular complexity index is 1020. The molecule has 0 aliphatic carbocycles. The number of rotatable bonds is 4. The van der Waals surface area contributed by atoms with Gasteiger partial charge in [-0.05, 0) is 62.9 Å². The van der Waals surface area contributed by atoms with Crippen LogP contribution >= 0.6 is 0 Å². The molecule has 2 fully saturated rings. The lowest BCUT2D eigenvalue weighted by Crippen LogP contribution is -2.59. The Morgan fingerprint density at radius 2 is 1.78 bits per heavy atom. The van der Waals surface area contributed by atoms with Crippen molar-refractivity contribution < 1.29 is 9.59 Å². The van der Waals surface area contributed by atoms with Crippen molar-refractivity contribution in [1.82, 2.24) is 15.5 Å². The number of benzene rings is 2. The Morgan fingerprint density at radius 1 is 1.09 bits per heavy atom. The van der Waals surface area contributed by atoms with E-state index in [1.807, 2.05) is 74.2 Å². The lowest BCUT2D eigenvalue weighted by molar-refractivity contribution is -0.124. The first kappa shape index (κ1) is 21.9. The summed E-state index contributed by atoms with van der Waals surface area (Å²) in [5.41, 5.74) is 3.00. The Kier molecular flexibility index (Phi) is 5.71. The number of allylic oxidation sites excluding steroid dienone is 1. The first-order chi connectivity index (χ1) is 15.2. The van der Waals surface area contributed by atoms with Gasteiger partial charge in [-0.2, -0.15) is 0 Å². The fraction of sp³-hybridized carbons (Fsp3) is 0.385. The molecule has 3 amide bonds. The largest absolute Gasteiger partial charge is 0.339 e. The molecule has 6 heteroatoms. The van der Waals surface area contributed by atoms with E-state index in [1.54, 1.807) is 0 Å². The van der Waals surface area contributed by atoms with Crippen LogP contribution in [0.15, 0.2) is 61.2 Å². The van der Waals surface area contributed by atoms with Gasteiger partial charge in [0.1, 0.15) is 5.54 Å². The van der Waals surface area contributed by atoms with E-state index in [0.717, 1.165) is 22.4 Å². The van der Waals surface area contributed by atoms with Crippen molar-refractivity contribution in [3.05, 3.63) is 72.3 Å². The molecule has 32 heavy (non-hydrogen) atoms. The van der Waals surface area contributed by atoms with Gasteiger partial charge in [0.2, 0.25) is 5.91 Å². The van der Waals surface area contributed by atoms with Crippen LogP contribution in [0.25, 0.3) is 5.57 Å². The number of anilines is 1. The summed E-state index contributed by atoms with van der Waals surface area (Å²) in [4.78, 5) is 29.9. The van der Waals surface area contributed by atoms with Crippen molar-refractivity contribution in [2.75, 3.05) is 24.7 Å². The molecule has 2 aliphatic rings. The van der Waals surface area contributed by atoms with Gasteiger partial charge in [0.05, 0.1) is 12.2 Å². The van der Waals surface area contributed by atoms with E-state index < -0.39 is 11.1 Å². The minimum absolute atomic E-state index is 0.0540. The van der Waals surface area contributed by atoms with E-state index in [1.165, 1.54) is 0 Å². The highest BCUT2D eigenvalue weighted by atomic mass is 16.2. The average Bonchev–Trinajstić information content (AvgIpc) is 3.10. The molecule has 1 spiro atoms. The summed E-state index contributed by atoms with van der Waals surface area (Å²) in [6, 6.07) is 18.0. The lowest BCUT2D eigenvalue weighted by Gasteiger charge is -2.44. The fourth-order valence-electron chi connectivity index (χ4n) is 4.70. The lowest BCUT2D eigenvalue weighted by atomic mass is 9.85. The summed E-state index contributed by atoms with van der Waals surface area (Å²) in [6.45, 7) is 11.6. The molecular formula is C26H32N4O2. The van der Waals surface area contributed by atoms with Crippen LogP contribution in [0.2, 0.25) is 0 Å². The van der Waals surface area contributed by atoms with E-state index in [2.05, 4.69) is 28.2 Å². The van der Waals surface area contributed by atoms with Gasteiger partial charge in [-0.1, -0.05) is 48.6 Å². The summed E-state index contributed by atoms with van der Waals surface area (Å²) in [5.74, 6) is 0.0540. The molecule has 0 aromatic heterocycles. The number of carbonyl (C=O) groups is 2. The van der Waals surface area contributed by atoms with Gasteiger partial charge in [-0.3, -0.25) is 4.79 Å². The molecular weight excluding hydrogens is 400 g/mol. The summed E-state index contributed by atoms with van der Waals surface area (Å²) >= 11 is 0. The molecule has 6 nitrogen and oxygen atoms in total. The van der Waals surface area contributed by atoms with E-state index >= 15 is 0 Å². The fourth-order valence-corrected chi connectivity index (χ4v) is 4.70. The molecule has 168 valence electrons. The van der Waals surface area contributed by atoms with Crippen molar-refractivity contribution in [3.8, 4) is 0 Å². The zero-order chi connectivity index (χ0) is 22.9. The van der Waals surface area contributed by atoms with Crippen LogP contribution in [-0.2, 0) is 10.3 Å². The first-order valence-electron chi connectivity index (χ1n) is 11.2. The molecule has 0 unspecified atom stereocenters. The third kappa shape index (κ3) is 3.97. The molecule has 0 bridgehead atoms. The van der Waals surface area contributed by atoms with Crippen molar-refractivity contribution in [3.63, 3.8) is 0 Å². The number of carbonyl (C=O) groups excluding carboxylic acids is 2. The third-order valence-electron chi connectivity index (χ3n) is 6.78. The number of hydrogen-bond donors (Lipinski definition) is 2. The Balaban J connectivity index is 1.45. The number of nitrogens with zero attached hydrogens (tertiary/aromatic N) is 2. The van der Waals surface area contributed by atoms with E-state index in [4.69, 9.17) is 0 Å². The van der Waals surface area contributed by atoms with Crippen molar-refractivity contribution >= 4 is 23.2 Å². The average molecular weight is 433 g/mol. The second-order valence-electron chi connectivity index (χ2n) is 9.36. The summed E-state index contributed by atoms with van der Waals surface area (Å²) in [6.07, 6.45) is 1.21. The molecule has 0 saturated carbocycles. The van der Waals surface area contributed by atoms with Gasteiger partial charge in [0.15, 0.2) is 0 Å². The number of para-hydroxylation sites is 1. The van der Waals surface area contributed by atoms with Crippen LogP contribution < -0.4 is 15.5 Å². The first-order valence-corrected chi connectivity index (χ1v) is 11.2. The highest BCUT2D eigenvalue weighted by molar-refractivity contribution is 5.93. The monoisotopic (exact) mass is 432 g/mol. The molecule has 2 N–H and O–H groups in total. The molecule has 4 rings (SSSR count). The number of nitrogens with one attached hydrogen (secondary N) is 2. The quantitative estimate of drug-likeness (QED) is 0.765. The minimum atomic E-state index is -0.594. The van der Waals surface area contributed by atoms with E-state index in [0.29, 0.717) is 32.6 Å². The van der Waals surface area contributed by atoms with Gasteiger partial charge in [0.25, 0.3) is 0 Å². The van der Waals surface area contributed by atoms with E-state index in [9.17, 15) is 9.59 Å². The van der Waals surface area contributed by atoms with E-state index in [-0.39, 0.29) is 11.9 Å². The van der Waals surface area contributed by atoms with Crippen molar-refractivity contribution in [2.24, 2.45) is 0 Å². The molecule has 2 aliphatic heterocycles. The SMILES string of the molecule is C=C(C)c1cccc(C(C)(C)NC(=O)N2CCC3(CC2)C(=O)NCN3c2ccccc2)c1. The molecule has 2 saturated heterocycles. The molecule has 2 aromatic carbocycles. The maximum absolute atomic E-state index is 13.1. The topological polar surface area (TPSA) is 64.7 Å². The number of likely N-dealkylation sites (tertiary alicyclic amines) is 1. The van der Waals surface area contributed by atoms with Gasteiger partial charge in [0, 0.05) is 18.8 Å². The normalized spacial score (nSPS) is 17.9. The number of urea groups is 1.